The summed E-state index contributed by atoms with van der Waals surface area (Å²) in [6.07, 6.45) is 22.0. The van der Waals surface area contributed by atoms with E-state index in [4.69, 9.17) is 14.6 Å². The van der Waals surface area contributed by atoms with Crippen LogP contribution in [0.1, 0.15) is 84.0 Å². The van der Waals surface area contributed by atoms with E-state index in [0.29, 0.717) is 6.42 Å². The van der Waals surface area contributed by atoms with Crippen molar-refractivity contribution in [3.63, 3.8) is 0 Å². The predicted octanol–water partition coefficient (Wildman–Crippen LogP) is 5.35. The summed E-state index contributed by atoms with van der Waals surface area (Å²) in [5.41, 5.74) is 0. The molecule has 0 rings (SSSR count). The summed E-state index contributed by atoms with van der Waals surface area (Å²) in [4.78, 5) is 11.5. The van der Waals surface area contributed by atoms with Gasteiger partial charge in [0.2, 0.25) is 0 Å². The minimum Gasteiger partial charge on any atom is -0.463 e. The Morgan fingerprint density at radius 3 is 2.15 bits per heavy atom. The number of carbonyl (C=O) groups is 1. The molecular formula is C22H40O4. The number of carbonyl (C=O) groups excluding carboxylic acids is 1. The predicted molar refractivity (Wildman–Crippen MR) is 108 cm³/mol. The van der Waals surface area contributed by atoms with E-state index >= 15 is 0 Å². The minimum atomic E-state index is -0.413. The van der Waals surface area contributed by atoms with Crippen LogP contribution in [0.2, 0.25) is 0 Å². The first-order chi connectivity index (χ1) is 12.7. The Bertz CT molecular complexity index is 359. The van der Waals surface area contributed by atoms with Gasteiger partial charge in [0.05, 0.1) is 6.61 Å². The van der Waals surface area contributed by atoms with E-state index in [1.165, 1.54) is 45.6 Å². The van der Waals surface area contributed by atoms with Gasteiger partial charge in [-0.3, -0.25) is 4.79 Å². The summed E-state index contributed by atoms with van der Waals surface area (Å²) < 4.78 is 10.0. The molecule has 26 heavy (non-hydrogen) atoms. The standard InChI is InChI=1S/C22H40O4/c1-3-4-5-6-7-8-9-10-11-12-13-14-15-16-17-18-22(24)26-20-21(19-23)25-2/h7-8,10-11,21,23H,3-6,9,12-20H2,1-2H3/b8-7-,11-10-. The molecule has 0 saturated carbocycles. The third-order valence-corrected chi connectivity index (χ3v) is 4.30. The van der Waals surface area contributed by atoms with Crippen LogP contribution in [-0.4, -0.2) is 37.5 Å². The Morgan fingerprint density at radius 2 is 1.54 bits per heavy atom. The average molecular weight is 369 g/mol. The third-order valence-electron chi connectivity index (χ3n) is 4.30. The molecule has 0 radical (unpaired) electrons. The normalized spacial score (nSPS) is 12.9. The van der Waals surface area contributed by atoms with E-state index in [-0.39, 0.29) is 19.2 Å². The Kier molecular flexibility index (Phi) is 19.3. The van der Waals surface area contributed by atoms with E-state index in [1.54, 1.807) is 0 Å². The maximum absolute atomic E-state index is 11.5. The molecule has 1 atom stereocenters. The molecule has 1 unspecified atom stereocenters. The summed E-state index contributed by atoms with van der Waals surface area (Å²) in [7, 11) is 1.50. The van der Waals surface area contributed by atoms with Gasteiger partial charge in [0.25, 0.3) is 0 Å². The molecule has 1 N–H and O–H groups in total. The van der Waals surface area contributed by atoms with Crippen LogP contribution in [-0.2, 0) is 14.3 Å². The summed E-state index contributed by atoms with van der Waals surface area (Å²) in [6.45, 7) is 2.23. The zero-order valence-corrected chi connectivity index (χ0v) is 17.0. The molecule has 0 spiro atoms. The van der Waals surface area contributed by atoms with Crippen molar-refractivity contribution in [3.05, 3.63) is 24.3 Å². The Labute approximate surface area is 160 Å². The molecule has 0 aliphatic rings. The van der Waals surface area contributed by atoms with Gasteiger partial charge in [-0.1, -0.05) is 63.3 Å². The Balaban J connectivity index is 3.35. The van der Waals surface area contributed by atoms with Gasteiger partial charge in [-0.25, -0.2) is 0 Å². The molecule has 0 aromatic rings. The number of methoxy groups -OCH3 is 1. The number of rotatable bonds is 18. The zero-order valence-electron chi connectivity index (χ0n) is 17.0. The van der Waals surface area contributed by atoms with E-state index < -0.39 is 6.10 Å². The molecule has 4 heteroatoms. The van der Waals surface area contributed by atoms with Crippen molar-refractivity contribution in [3.8, 4) is 0 Å². The lowest BCUT2D eigenvalue weighted by molar-refractivity contribution is -0.148. The zero-order chi connectivity index (χ0) is 19.3. The van der Waals surface area contributed by atoms with Gasteiger partial charge in [-0.15, -0.1) is 0 Å². The second kappa shape index (κ2) is 20.2. The van der Waals surface area contributed by atoms with Crippen molar-refractivity contribution in [1.82, 2.24) is 0 Å². The molecule has 4 nitrogen and oxygen atoms in total. The number of esters is 1. The fourth-order valence-corrected chi connectivity index (χ4v) is 2.53. The monoisotopic (exact) mass is 368 g/mol. The van der Waals surface area contributed by atoms with Crippen LogP contribution < -0.4 is 0 Å². The summed E-state index contributed by atoms with van der Waals surface area (Å²) >= 11 is 0. The molecule has 152 valence electrons. The molecule has 0 aliphatic heterocycles. The van der Waals surface area contributed by atoms with Crippen molar-refractivity contribution >= 4 is 5.97 Å². The lowest BCUT2D eigenvalue weighted by Crippen LogP contribution is -2.24. The number of unbranched alkanes of at least 4 members (excludes halogenated alkanes) is 8. The van der Waals surface area contributed by atoms with Crippen LogP contribution in [0.15, 0.2) is 24.3 Å². The Morgan fingerprint density at radius 1 is 0.923 bits per heavy atom. The van der Waals surface area contributed by atoms with E-state index in [0.717, 1.165) is 32.1 Å². The first-order valence-corrected chi connectivity index (χ1v) is 10.3. The topological polar surface area (TPSA) is 55.8 Å². The summed E-state index contributed by atoms with van der Waals surface area (Å²) in [6, 6.07) is 0. The fraction of sp³-hybridized carbons (Fsp3) is 0.773. The van der Waals surface area contributed by atoms with Crippen molar-refractivity contribution in [2.45, 2.75) is 90.1 Å². The highest BCUT2D eigenvalue weighted by atomic mass is 16.6. The van der Waals surface area contributed by atoms with Gasteiger partial charge in [-0.05, 0) is 38.5 Å². The number of aliphatic hydroxyl groups excluding tert-OH is 1. The maximum Gasteiger partial charge on any atom is 0.305 e. The molecule has 0 saturated heterocycles. The molecule has 0 bridgehead atoms. The highest BCUT2D eigenvalue weighted by Crippen LogP contribution is 2.09. The van der Waals surface area contributed by atoms with Crippen molar-refractivity contribution < 1.29 is 19.4 Å². The summed E-state index contributed by atoms with van der Waals surface area (Å²) in [5.74, 6) is -0.203. The number of hydrogen-bond donors (Lipinski definition) is 1. The fourth-order valence-electron chi connectivity index (χ4n) is 2.53. The van der Waals surface area contributed by atoms with E-state index in [1.807, 2.05) is 0 Å². The smallest absolute Gasteiger partial charge is 0.305 e. The van der Waals surface area contributed by atoms with Crippen LogP contribution in [0.5, 0.6) is 0 Å². The van der Waals surface area contributed by atoms with Crippen LogP contribution in [0, 0.1) is 0 Å². The molecule has 0 aliphatic carbocycles. The van der Waals surface area contributed by atoms with Gasteiger partial charge in [0.1, 0.15) is 12.7 Å². The lowest BCUT2D eigenvalue weighted by atomic mass is 10.1. The number of allylic oxidation sites excluding steroid dienone is 4. The molecule has 0 amide bonds. The van der Waals surface area contributed by atoms with Gasteiger partial charge < -0.3 is 14.6 Å². The number of aliphatic hydroxyl groups is 1. The number of ether oxygens (including phenoxy) is 2. The second-order valence-electron chi connectivity index (χ2n) is 6.70. The van der Waals surface area contributed by atoms with Crippen LogP contribution in [0.3, 0.4) is 0 Å². The van der Waals surface area contributed by atoms with Crippen LogP contribution >= 0.6 is 0 Å². The lowest BCUT2D eigenvalue weighted by Gasteiger charge is -2.12. The quantitative estimate of drug-likeness (QED) is 0.201. The molecule has 0 fully saturated rings. The highest BCUT2D eigenvalue weighted by Gasteiger charge is 2.09. The first kappa shape index (κ1) is 24.9. The first-order valence-electron chi connectivity index (χ1n) is 10.3. The highest BCUT2D eigenvalue weighted by molar-refractivity contribution is 5.69. The van der Waals surface area contributed by atoms with Crippen molar-refractivity contribution in [2.75, 3.05) is 20.3 Å². The van der Waals surface area contributed by atoms with E-state index in [2.05, 4.69) is 31.2 Å². The Hall–Kier alpha value is -1.13. The SMILES string of the molecule is CCCCC/C=C\C/C=C\CCCCCCCC(=O)OCC(CO)OC. The maximum atomic E-state index is 11.5. The third kappa shape index (κ3) is 17.7. The molecular weight excluding hydrogens is 328 g/mol. The molecule has 0 aromatic carbocycles. The minimum absolute atomic E-state index is 0.131. The van der Waals surface area contributed by atoms with Gasteiger partial charge >= 0.3 is 5.97 Å². The van der Waals surface area contributed by atoms with Gasteiger partial charge in [0, 0.05) is 13.5 Å². The van der Waals surface area contributed by atoms with Gasteiger partial charge in [-0.2, -0.15) is 0 Å². The second-order valence-corrected chi connectivity index (χ2v) is 6.70. The number of hydrogen-bond acceptors (Lipinski definition) is 4. The molecule has 0 aromatic heterocycles. The molecule has 0 heterocycles. The van der Waals surface area contributed by atoms with Crippen molar-refractivity contribution in [2.24, 2.45) is 0 Å². The van der Waals surface area contributed by atoms with E-state index in [9.17, 15) is 4.79 Å². The van der Waals surface area contributed by atoms with Crippen LogP contribution in [0.4, 0.5) is 0 Å². The summed E-state index contributed by atoms with van der Waals surface area (Å²) in [5, 5.41) is 8.93. The van der Waals surface area contributed by atoms with Crippen LogP contribution in [0.25, 0.3) is 0 Å². The van der Waals surface area contributed by atoms with Gasteiger partial charge in [0.15, 0.2) is 0 Å². The largest absolute Gasteiger partial charge is 0.463 e. The van der Waals surface area contributed by atoms with Crippen molar-refractivity contribution in [1.29, 1.82) is 0 Å². The average Bonchev–Trinajstić information content (AvgIpc) is 2.65.